The average Bonchev–Trinajstić information content (AvgIpc) is 3.19. The summed E-state index contributed by atoms with van der Waals surface area (Å²) in [5, 5.41) is 19.3. The van der Waals surface area contributed by atoms with E-state index >= 15 is 4.39 Å². The van der Waals surface area contributed by atoms with E-state index in [9.17, 15) is 29.5 Å². The Bertz CT molecular complexity index is 1740. The van der Waals surface area contributed by atoms with Gasteiger partial charge in [-0.15, -0.1) is 0 Å². The monoisotopic (exact) mass is 542 g/mol. The number of aromatic carboxylic acids is 1. The number of amides is 2. The molecule has 0 saturated carbocycles. The van der Waals surface area contributed by atoms with E-state index in [0.717, 1.165) is 16.5 Å². The van der Waals surface area contributed by atoms with Crippen LogP contribution in [0.1, 0.15) is 56.9 Å². The van der Waals surface area contributed by atoms with Gasteiger partial charge in [0.05, 0.1) is 40.7 Å². The average molecular weight is 543 g/mol. The second kappa shape index (κ2) is 9.34. The maximum atomic E-state index is 15.6. The molecule has 3 aliphatic heterocycles. The summed E-state index contributed by atoms with van der Waals surface area (Å²) in [7, 11) is 0. The zero-order valence-corrected chi connectivity index (χ0v) is 21.4. The molecule has 3 aliphatic rings. The molecule has 1 atom stereocenters. The highest BCUT2D eigenvalue weighted by Gasteiger charge is 2.36. The fourth-order valence-corrected chi connectivity index (χ4v) is 5.73. The molecule has 4 heterocycles. The van der Waals surface area contributed by atoms with Gasteiger partial charge in [0.25, 0.3) is 11.8 Å². The van der Waals surface area contributed by atoms with Crippen LogP contribution < -0.4 is 15.1 Å². The van der Waals surface area contributed by atoms with Gasteiger partial charge in [-0.25, -0.2) is 9.18 Å². The minimum absolute atomic E-state index is 0.0620. The molecule has 1 unspecified atom stereocenters. The third-order valence-electron chi connectivity index (χ3n) is 7.81. The largest absolute Gasteiger partial charge is 0.487 e. The van der Waals surface area contributed by atoms with E-state index in [2.05, 4.69) is 6.07 Å². The lowest BCUT2D eigenvalue weighted by molar-refractivity contribution is 0.0663. The summed E-state index contributed by atoms with van der Waals surface area (Å²) in [6.45, 7) is 2.51. The predicted octanol–water partition coefficient (Wildman–Crippen LogP) is 3.51. The Kier molecular flexibility index (Phi) is 5.91. The predicted molar refractivity (Wildman–Crippen MR) is 141 cm³/mol. The van der Waals surface area contributed by atoms with E-state index in [-0.39, 0.29) is 36.0 Å². The molecule has 2 amide bonds. The number of hydrogen-bond acceptors (Lipinski definition) is 7. The fourth-order valence-electron chi connectivity index (χ4n) is 5.73. The van der Waals surface area contributed by atoms with Crippen LogP contribution in [0, 0.1) is 17.1 Å². The van der Waals surface area contributed by atoms with Crippen molar-refractivity contribution >= 4 is 34.4 Å². The van der Waals surface area contributed by atoms with Crippen LogP contribution in [-0.4, -0.2) is 58.6 Å². The maximum Gasteiger partial charge on any atom is 0.341 e. The highest BCUT2D eigenvalue weighted by Crippen LogP contribution is 2.43. The van der Waals surface area contributed by atoms with E-state index < -0.39 is 34.6 Å². The standard InChI is InChI=1S/C29H23FN4O6/c1-15-14-40-26-23-20(25(35)21(29(38)39)13-33(15)23)10-22(30)24(26)32-8-6-16(7-9-32)17(11-31)12-34-27(36)18-4-2-3-5-19(18)28(34)37/h2-5,10,13,15H,6-9,12,14H2,1H3,(H,38,39). The highest BCUT2D eigenvalue weighted by atomic mass is 19.1. The number of pyridine rings is 1. The Balaban J connectivity index is 1.31. The number of rotatable bonds is 4. The Morgan fingerprint density at radius 2 is 1.80 bits per heavy atom. The summed E-state index contributed by atoms with van der Waals surface area (Å²) in [5.74, 6) is -2.78. The molecule has 40 heavy (non-hydrogen) atoms. The first kappa shape index (κ1) is 25.3. The molecule has 11 heteroatoms. The van der Waals surface area contributed by atoms with E-state index in [0.29, 0.717) is 48.1 Å². The smallest absolute Gasteiger partial charge is 0.341 e. The minimum Gasteiger partial charge on any atom is -0.487 e. The number of nitriles is 1. The Labute approximate surface area is 227 Å². The number of aromatic nitrogens is 1. The number of nitrogens with zero attached hydrogens (tertiary/aromatic N) is 4. The summed E-state index contributed by atoms with van der Waals surface area (Å²) in [6, 6.07) is 9.48. The number of carboxylic acids is 1. The first-order chi connectivity index (χ1) is 19.2. The number of halogens is 1. The molecule has 3 aromatic rings. The Morgan fingerprint density at radius 3 is 2.40 bits per heavy atom. The van der Waals surface area contributed by atoms with Crippen LogP contribution in [0.3, 0.4) is 0 Å². The number of carbonyl (C=O) groups excluding carboxylic acids is 2. The van der Waals surface area contributed by atoms with Crippen LogP contribution in [-0.2, 0) is 0 Å². The number of carboxylic acid groups (broad SMARTS) is 1. The molecule has 10 nitrogen and oxygen atoms in total. The molecule has 1 fully saturated rings. The number of hydrogen-bond donors (Lipinski definition) is 1. The normalized spacial score (nSPS) is 18.0. The van der Waals surface area contributed by atoms with Crippen LogP contribution in [0.25, 0.3) is 10.9 Å². The number of imide groups is 1. The van der Waals surface area contributed by atoms with Crippen molar-refractivity contribution in [3.8, 4) is 11.8 Å². The molecule has 1 N–H and O–H groups in total. The lowest BCUT2D eigenvalue weighted by atomic mass is 9.97. The van der Waals surface area contributed by atoms with Gasteiger partial charge in [0, 0.05) is 24.9 Å². The van der Waals surface area contributed by atoms with Gasteiger partial charge < -0.3 is 19.3 Å². The zero-order valence-electron chi connectivity index (χ0n) is 21.4. The van der Waals surface area contributed by atoms with Crippen LogP contribution in [0.15, 0.2) is 52.5 Å². The van der Waals surface area contributed by atoms with Crippen LogP contribution in [0.2, 0.25) is 0 Å². The van der Waals surface area contributed by atoms with Gasteiger partial charge in [-0.05, 0) is 38.0 Å². The van der Waals surface area contributed by atoms with Gasteiger partial charge in [-0.3, -0.25) is 19.3 Å². The molecule has 0 bridgehead atoms. The van der Waals surface area contributed by atoms with Gasteiger partial charge in [0.2, 0.25) is 5.43 Å². The van der Waals surface area contributed by atoms with Crippen molar-refractivity contribution in [2.75, 3.05) is 31.1 Å². The van der Waals surface area contributed by atoms with Gasteiger partial charge >= 0.3 is 5.97 Å². The number of anilines is 1. The molecule has 6 rings (SSSR count). The number of ether oxygens (including phenoxy) is 1. The van der Waals surface area contributed by atoms with Crippen LogP contribution >= 0.6 is 0 Å². The highest BCUT2D eigenvalue weighted by molar-refractivity contribution is 6.21. The van der Waals surface area contributed by atoms with Crippen molar-refractivity contribution in [2.24, 2.45) is 0 Å². The van der Waals surface area contributed by atoms with Crippen molar-refractivity contribution in [3.05, 3.63) is 80.4 Å². The third-order valence-corrected chi connectivity index (χ3v) is 7.81. The first-order valence-electron chi connectivity index (χ1n) is 12.8. The first-order valence-corrected chi connectivity index (χ1v) is 12.8. The van der Waals surface area contributed by atoms with Crippen molar-refractivity contribution in [3.63, 3.8) is 0 Å². The zero-order chi connectivity index (χ0) is 28.3. The van der Waals surface area contributed by atoms with E-state index in [4.69, 9.17) is 4.74 Å². The van der Waals surface area contributed by atoms with Crippen LogP contribution in [0.4, 0.5) is 10.1 Å². The van der Waals surface area contributed by atoms with E-state index in [1.165, 1.54) is 6.20 Å². The lowest BCUT2D eigenvalue weighted by Crippen LogP contribution is -2.35. The van der Waals surface area contributed by atoms with Gasteiger partial charge in [0.15, 0.2) is 11.6 Å². The number of fused-ring (bicyclic) bond motifs is 1. The number of piperidine rings is 1. The molecular weight excluding hydrogens is 519 g/mol. The summed E-state index contributed by atoms with van der Waals surface area (Å²) in [5.41, 5.74) is 1.04. The van der Waals surface area contributed by atoms with Crippen molar-refractivity contribution in [2.45, 2.75) is 25.8 Å². The summed E-state index contributed by atoms with van der Waals surface area (Å²) >= 11 is 0. The van der Waals surface area contributed by atoms with Crippen LogP contribution in [0.5, 0.6) is 5.75 Å². The molecular formula is C29H23FN4O6. The number of benzene rings is 2. The van der Waals surface area contributed by atoms with Gasteiger partial charge in [-0.2, -0.15) is 5.26 Å². The topological polar surface area (TPSA) is 133 Å². The second-order valence-corrected chi connectivity index (χ2v) is 10.1. The lowest BCUT2D eigenvalue weighted by Gasteiger charge is -2.35. The molecule has 0 aliphatic carbocycles. The third kappa shape index (κ3) is 3.75. The maximum absolute atomic E-state index is 15.6. The summed E-state index contributed by atoms with van der Waals surface area (Å²) in [6.07, 6.45) is 2.06. The summed E-state index contributed by atoms with van der Waals surface area (Å²) in [4.78, 5) is 52.9. The minimum atomic E-state index is -1.38. The SMILES string of the molecule is CC1COc2c(N3CCC(=C(C#N)CN4C(=O)c5ccccc5C4=O)CC3)c(F)cc3c(=O)c(C(=O)O)cn1c23. The van der Waals surface area contributed by atoms with Crippen molar-refractivity contribution in [1.82, 2.24) is 9.47 Å². The quantitative estimate of drug-likeness (QED) is 0.391. The Morgan fingerprint density at radius 1 is 1.15 bits per heavy atom. The van der Waals surface area contributed by atoms with Gasteiger partial charge in [-0.1, -0.05) is 17.7 Å². The molecule has 0 spiro atoms. The molecule has 0 radical (unpaired) electrons. The Hall–Kier alpha value is -4.98. The second-order valence-electron chi connectivity index (χ2n) is 10.1. The van der Waals surface area contributed by atoms with Gasteiger partial charge in [0.1, 0.15) is 17.9 Å². The van der Waals surface area contributed by atoms with Crippen molar-refractivity contribution in [1.29, 1.82) is 5.26 Å². The number of carbonyl (C=O) groups is 3. The van der Waals surface area contributed by atoms with E-state index in [1.54, 1.807) is 33.7 Å². The fraction of sp³-hybridized carbons (Fsp3) is 0.276. The molecule has 1 aromatic heterocycles. The molecule has 202 valence electrons. The summed E-state index contributed by atoms with van der Waals surface area (Å²) < 4.78 is 23.1. The molecule has 1 saturated heterocycles. The van der Waals surface area contributed by atoms with Crippen molar-refractivity contribution < 1.29 is 28.6 Å². The van der Waals surface area contributed by atoms with E-state index in [1.807, 2.05) is 6.92 Å². The molecule has 2 aromatic carbocycles.